The van der Waals surface area contributed by atoms with Crippen molar-refractivity contribution in [2.45, 2.75) is 18.9 Å². The van der Waals surface area contributed by atoms with E-state index in [9.17, 15) is 4.39 Å². The van der Waals surface area contributed by atoms with E-state index in [1.807, 2.05) is 31.3 Å². The molecule has 0 saturated carbocycles. The molecule has 1 aromatic carbocycles. The lowest BCUT2D eigenvalue weighted by Crippen LogP contribution is -2.18. The van der Waals surface area contributed by atoms with E-state index in [-0.39, 0.29) is 11.9 Å². The molecule has 1 unspecified atom stereocenters. The molecule has 18 heavy (non-hydrogen) atoms. The van der Waals surface area contributed by atoms with Crippen LogP contribution in [0.4, 0.5) is 4.39 Å². The molecule has 96 valence electrons. The maximum absolute atomic E-state index is 14.0. The topological polar surface area (TPSA) is 25.2 Å². The monoisotopic (exact) mass is 311 g/mol. The van der Waals surface area contributed by atoms with Gasteiger partial charge in [0.15, 0.2) is 0 Å². The summed E-state index contributed by atoms with van der Waals surface area (Å²) in [6.45, 7) is 0. The first-order valence-electron chi connectivity index (χ1n) is 5.86. The Labute approximate surface area is 114 Å². The molecule has 0 bridgehead atoms. The van der Waals surface area contributed by atoms with Crippen LogP contribution in [0.5, 0.6) is 0 Å². The Bertz CT molecular complexity index is 499. The molecule has 2 rings (SSSR count). The van der Waals surface area contributed by atoms with Crippen LogP contribution in [0.1, 0.15) is 23.8 Å². The molecule has 0 aliphatic rings. The van der Waals surface area contributed by atoms with Crippen LogP contribution in [0.3, 0.4) is 0 Å². The summed E-state index contributed by atoms with van der Waals surface area (Å²) in [4.78, 5) is 0. The predicted octanol–water partition coefficient (Wildman–Crippen LogP) is 4.07. The number of halogens is 2. The summed E-state index contributed by atoms with van der Waals surface area (Å²) < 4.78 is 19.8. The fraction of sp³-hybridized carbons (Fsp3) is 0.286. The summed E-state index contributed by atoms with van der Waals surface area (Å²) in [5.41, 5.74) is 0.679. The molecule has 0 saturated heterocycles. The molecule has 1 aromatic heterocycles. The highest BCUT2D eigenvalue weighted by Gasteiger charge is 2.16. The highest BCUT2D eigenvalue weighted by Crippen LogP contribution is 2.26. The fourth-order valence-electron chi connectivity index (χ4n) is 1.99. The second-order valence-electron chi connectivity index (χ2n) is 4.10. The van der Waals surface area contributed by atoms with Gasteiger partial charge in [0.1, 0.15) is 11.6 Å². The van der Waals surface area contributed by atoms with Crippen molar-refractivity contribution in [2.75, 3.05) is 7.05 Å². The summed E-state index contributed by atoms with van der Waals surface area (Å²) in [6.07, 6.45) is 3.23. The minimum Gasteiger partial charge on any atom is -0.469 e. The number of rotatable bonds is 5. The normalized spacial score (nSPS) is 12.6. The van der Waals surface area contributed by atoms with Crippen LogP contribution in [0, 0.1) is 5.82 Å². The zero-order valence-electron chi connectivity index (χ0n) is 10.1. The van der Waals surface area contributed by atoms with Gasteiger partial charge in [0.25, 0.3) is 0 Å². The molecule has 2 aromatic rings. The van der Waals surface area contributed by atoms with Gasteiger partial charge in [-0.25, -0.2) is 4.39 Å². The van der Waals surface area contributed by atoms with Crippen LogP contribution in [0.25, 0.3) is 0 Å². The van der Waals surface area contributed by atoms with E-state index in [1.165, 1.54) is 0 Å². The van der Waals surface area contributed by atoms with E-state index < -0.39 is 0 Å². The standard InChI is InChI=1S/C14H15BrFNO/c1-17-13(8-7-10-4-3-9-18-10)11-5-2-6-12(15)14(11)16/h2-6,9,13,17H,7-8H2,1H3. The van der Waals surface area contributed by atoms with Gasteiger partial charge in [-0.15, -0.1) is 0 Å². The van der Waals surface area contributed by atoms with Gasteiger partial charge in [0, 0.05) is 18.0 Å². The summed E-state index contributed by atoms with van der Waals surface area (Å²) in [5, 5.41) is 3.15. The minimum atomic E-state index is -0.198. The Morgan fingerprint density at radius 2 is 2.17 bits per heavy atom. The summed E-state index contributed by atoms with van der Waals surface area (Å²) >= 11 is 3.21. The zero-order chi connectivity index (χ0) is 13.0. The molecule has 0 amide bonds. The highest BCUT2D eigenvalue weighted by molar-refractivity contribution is 9.10. The zero-order valence-corrected chi connectivity index (χ0v) is 11.7. The molecule has 1 heterocycles. The van der Waals surface area contributed by atoms with Crippen molar-refractivity contribution in [3.05, 3.63) is 58.2 Å². The van der Waals surface area contributed by atoms with Gasteiger partial charge in [-0.05, 0) is 47.6 Å². The Kier molecular flexibility index (Phi) is 4.55. The van der Waals surface area contributed by atoms with Crippen LogP contribution < -0.4 is 5.32 Å². The first-order chi connectivity index (χ1) is 8.72. The van der Waals surface area contributed by atoms with Gasteiger partial charge in [0.05, 0.1) is 10.7 Å². The SMILES string of the molecule is CNC(CCc1ccco1)c1cccc(Br)c1F. The number of hydrogen-bond donors (Lipinski definition) is 1. The smallest absolute Gasteiger partial charge is 0.142 e. The molecule has 0 fully saturated rings. The first kappa shape index (κ1) is 13.3. The number of benzene rings is 1. The van der Waals surface area contributed by atoms with Crippen molar-refractivity contribution in [1.82, 2.24) is 5.32 Å². The second kappa shape index (κ2) is 6.16. The van der Waals surface area contributed by atoms with Crippen molar-refractivity contribution in [1.29, 1.82) is 0 Å². The van der Waals surface area contributed by atoms with Gasteiger partial charge in [-0.1, -0.05) is 12.1 Å². The Morgan fingerprint density at radius 1 is 1.33 bits per heavy atom. The molecule has 0 aliphatic carbocycles. The van der Waals surface area contributed by atoms with E-state index in [0.29, 0.717) is 10.0 Å². The van der Waals surface area contributed by atoms with Crippen molar-refractivity contribution >= 4 is 15.9 Å². The first-order valence-corrected chi connectivity index (χ1v) is 6.65. The predicted molar refractivity (Wildman–Crippen MR) is 72.9 cm³/mol. The lowest BCUT2D eigenvalue weighted by molar-refractivity contribution is 0.458. The van der Waals surface area contributed by atoms with E-state index in [2.05, 4.69) is 21.2 Å². The van der Waals surface area contributed by atoms with Crippen LogP contribution in [-0.2, 0) is 6.42 Å². The number of nitrogens with one attached hydrogen (secondary N) is 1. The van der Waals surface area contributed by atoms with Crippen molar-refractivity contribution in [3.63, 3.8) is 0 Å². The molecule has 0 spiro atoms. The number of hydrogen-bond acceptors (Lipinski definition) is 2. The third-order valence-electron chi connectivity index (χ3n) is 2.96. The highest BCUT2D eigenvalue weighted by atomic mass is 79.9. The van der Waals surface area contributed by atoms with E-state index >= 15 is 0 Å². The third kappa shape index (κ3) is 3.00. The van der Waals surface area contributed by atoms with Gasteiger partial charge < -0.3 is 9.73 Å². The largest absolute Gasteiger partial charge is 0.469 e. The van der Waals surface area contributed by atoms with Crippen LogP contribution in [-0.4, -0.2) is 7.05 Å². The summed E-state index contributed by atoms with van der Waals surface area (Å²) in [5.74, 6) is 0.724. The van der Waals surface area contributed by atoms with Gasteiger partial charge >= 0.3 is 0 Å². The lowest BCUT2D eigenvalue weighted by Gasteiger charge is -2.17. The van der Waals surface area contributed by atoms with E-state index in [0.717, 1.165) is 18.6 Å². The van der Waals surface area contributed by atoms with Crippen LogP contribution in [0.15, 0.2) is 45.5 Å². The summed E-state index contributed by atoms with van der Waals surface area (Å²) in [6, 6.07) is 9.14. The molecule has 1 atom stereocenters. The number of furan rings is 1. The Hall–Kier alpha value is -1.13. The molecule has 2 nitrogen and oxygen atoms in total. The van der Waals surface area contributed by atoms with Crippen LogP contribution >= 0.6 is 15.9 Å². The average molecular weight is 312 g/mol. The average Bonchev–Trinajstić information content (AvgIpc) is 2.88. The van der Waals surface area contributed by atoms with E-state index in [4.69, 9.17) is 4.42 Å². The number of aryl methyl sites for hydroxylation is 1. The molecule has 1 N–H and O–H groups in total. The minimum absolute atomic E-state index is 0.0207. The fourth-order valence-corrected chi connectivity index (χ4v) is 2.37. The Balaban J connectivity index is 2.10. The lowest BCUT2D eigenvalue weighted by atomic mass is 10.0. The molecule has 4 heteroatoms. The maximum Gasteiger partial charge on any atom is 0.142 e. The molecular formula is C14H15BrFNO. The van der Waals surface area contributed by atoms with Gasteiger partial charge in [-0.2, -0.15) is 0 Å². The van der Waals surface area contributed by atoms with Crippen LogP contribution in [0.2, 0.25) is 0 Å². The van der Waals surface area contributed by atoms with Gasteiger partial charge in [0.2, 0.25) is 0 Å². The van der Waals surface area contributed by atoms with Gasteiger partial charge in [-0.3, -0.25) is 0 Å². The molecule has 0 aliphatic heterocycles. The van der Waals surface area contributed by atoms with Crippen molar-refractivity contribution in [3.8, 4) is 0 Å². The van der Waals surface area contributed by atoms with Crippen molar-refractivity contribution < 1.29 is 8.81 Å². The summed E-state index contributed by atoms with van der Waals surface area (Å²) in [7, 11) is 1.84. The second-order valence-corrected chi connectivity index (χ2v) is 4.96. The molecular weight excluding hydrogens is 297 g/mol. The van der Waals surface area contributed by atoms with E-state index in [1.54, 1.807) is 12.3 Å². The maximum atomic E-state index is 14.0. The third-order valence-corrected chi connectivity index (χ3v) is 3.58. The quantitative estimate of drug-likeness (QED) is 0.900. The molecule has 0 radical (unpaired) electrons. The Morgan fingerprint density at radius 3 is 2.83 bits per heavy atom. The van der Waals surface area contributed by atoms with Crippen molar-refractivity contribution in [2.24, 2.45) is 0 Å².